The van der Waals surface area contributed by atoms with Gasteiger partial charge in [0, 0.05) is 35.4 Å². The molecule has 1 spiro atoms. The fraction of sp³-hybridized carbons (Fsp3) is 0.304. The third kappa shape index (κ3) is 3.23. The summed E-state index contributed by atoms with van der Waals surface area (Å²) in [4.78, 5) is 27.6. The molecule has 0 radical (unpaired) electrons. The fourth-order valence-electron chi connectivity index (χ4n) is 4.97. The summed E-state index contributed by atoms with van der Waals surface area (Å²) in [6.45, 7) is 2.20. The molecule has 2 N–H and O–H groups in total. The van der Waals surface area contributed by atoms with Crippen LogP contribution in [0.5, 0.6) is 0 Å². The first-order valence-corrected chi connectivity index (χ1v) is 11.4. The van der Waals surface area contributed by atoms with Crippen LogP contribution < -0.4 is 10.6 Å². The Bertz CT molecular complexity index is 1250. The molecule has 156 valence electrons. The minimum atomic E-state index is -0.138. The number of hydrogen-bond donors (Lipinski definition) is 2. The van der Waals surface area contributed by atoms with E-state index in [1.54, 1.807) is 12.4 Å². The van der Waals surface area contributed by atoms with Gasteiger partial charge in [-0.05, 0) is 55.5 Å². The Morgan fingerprint density at radius 1 is 1.16 bits per heavy atom. The van der Waals surface area contributed by atoms with Gasteiger partial charge in [-0.1, -0.05) is 12.1 Å². The summed E-state index contributed by atoms with van der Waals surface area (Å²) < 4.78 is 2.23. The largest absolute Gasteiger partial charge is 0.316 e. The first kappa shape index (κ1) is 18.7. The topological polar surface area (TPSA) is 84.7 Å². The summed E-state index contributed by atoms with van der Waals surface area (Å²) in [6.07, 6.45) is 8.50. The van der Waals surface area contributed by atoms with Gasteiger partial charge in [-0.15, -0.1) is 11.3 Å². The number of rotatable bonds is 4. The molecule has 4 aromatic rings. The Morgan fingerprint density at radius 3 is 2.81 bits per heavy atom. The Balaban J connectivity index is 1.29. The van der Waals surface area contributed by atoms with Gasteiger partial charge in [0.2, 0.25) is 5.95 Å². The van der Waals surface area contributed by atoms with Crippen LogP contribution in [0.1, 0.15) is 35.0 Å². The molecule has 0 atom stereocenters. The second kappa shape index (κ2) is 7.25. The molecule has 31 heavy (non-hydrogen) atoms. The zero-order valence-electron chi connectivity index (χ0n) is 16.9. The third-order valence-electron chi connectivity index (χ3n) is 6.53. The van der Waals surface area contributed by atoms with E-state index in [2.05, 4.69) is 31.2 Å². The summed E-state index contributed by atoms with van der Waals surface area (Å²) in [5.74, 6) is 0.497. The molecule has 4 heterocycles. The number of para-hydroxylation sites is 2. The SMILES string of the molecule is O=C(Nc1nc2ccccc2n1[C@H]1C[C@@]2(CCNC2)C1)c1ccc(-c2cncnc2)s1. The van der Waals surface area contributed by atoms with Gasteiger partial charge in [-0.25, -0.2) is 15.0 Å². The van der Waals surface area contributed by atoms with E-state index in [0.717, 1.165) is 47.4 Å². The molecule has 1 amide bonds. The third-order valence-corrected chi connectivity index (χ3v) is 7.66. The van der Waals surface area contributed by atoms with Gasteiger partial charge < -0.3 is 9.88 Å². The van der Waals surface area contributed by atoms with Crippen molar-refractivity contribution in [3.05, 3.63) is 60.0 Å². The minimum Gasteiger partial charge on any atom is -0.316 e. The van der Waals surface area contributed by atoms with Crippen LogP contribution in [0.4, 0.5) is 5.95 Å². The van der Waals surface area contributed by atoms with Crippen LogP contribution >= 0.6 is 11.3 Å². The molecule has 0 bridgehead atoms. The molecule has 1 saturated carbocycles. The van der Waals surface area contributed by atoms with Crippen LogP contribution in [0, 0.1) is 5.41 Å². The van der Waals surface area contributed by atoms with Gasteiger partial charge in [-0.3, -0.25) is 10.1 Å². The number of thiophene rings is 1. The highest BCUT2D eigenvalue weighted by Gasteiger charge is 2.47. The first-order valence-electron chi connectivity index (χ1n) is 10.6. The number of amides is 1. The van der Waals surface area contributed by atoms with Crippen molar-refractivity contribution in [1.82, 2.24) is 24.8 Å². The summed E-state index contributed by atoms with van der Waals surface area (Å²) in [7, 11) is 0. The zero-order chi connectivity index (χ0) is 20.8. The maximum atomic E-state index is 13.1. The van der Waals surface area contributed by atoms with Crippen molar-refractivity contribution in [3.63, 3.8) is 0 Å². The Labute approximate surface area is 183 Å². The maximum absolute atomic E-state index is 13.1. The number of carbonyl (C=O) groups is 1. The van der Waals surface area contributed by atoms with E-state index in [0.29, 0.717) is 22.3 Å². The minimum absolute atomic E-state index is 0.138. The average molecular weight is 431 g/mol. The highest BCUT2D eigenvalue weighted by atomic mass is 32.1. The molecule has 7 nitrogen and oxygen atoms in total. The number of imidazole rings is 1. The van der Waals surface area contributed by atoms with Crippen molar-refractivity contribution < 1.29 is 4.79 Å². The lowest BCUT2D eigenvalue weighted by molar-refractivity contribution is 0.0874. The molecule has 0 unspecified atom stereocenters. The van der Waals surface area contributed by atoms with Crippen molar-refractivity contribution >= 4 is 34.2 Å². The second-order valence-electron chi connectivity index (χ2n) is 8.53. The highest BCUT2D eigenvalue weighted by molar-refractivity contribution is 7.17. The van der Waals surface area contributed by atoms with E-state index in [-0.39, 0.29) is 5.91 Å². The van der Waals surface area contributed by atoms with Crippen molar-refractivity contribution in [2.24, 2.45) is 5.41 Å². The number of carbonyl (C=O) groups excluding carboxylic acids is 1. The molecule has 6 rings (SSSR count). The number of nitrogens with one attached hydrogen (secondary N) is 2. The van der Waals surface area contributed by atoms with Crippen LogP contribution in [-0.2, 0) is 0 Å². The van der Waals surface area contributed by atoms with Crippen molar-refractivity contribution in [2.75, 3.05) is 18.4 Å². The quantitative estimate of drug-likeness (QED) is 0.509. The van der Waals surface area contributed by atoms with Crippen molar-refractivity contribution in [3.8, 4) is 10.4 Å². The van der Waals surface area contributed by atoms with Gasteiger partial charge >= 0.3 is 0 Å². The van der Waals surface area contributed by atoms with Crippen LogP contribution in [0.15, 0.2) is 55.1 Å². The molecule has 3 aromatic heterocycles. The van der Waals surface area contributed by atoms with E-state index in [4.69, 9.17) is 4.98 Å². The van der Waals surface area contributed by atoms with Crippen molar-refractivity contribution in [2.45, 2.75) is 25.3 Å². The molecule has 2 aliphatic rings. The van der Waals surface area contributed by atoms with E-state index in [1.807, 2.05) is 30.3 Å². The normalized spacial score (nSPS) is 22.6. The van der Waals surface area contributed by atoms with Crippen LogP contribution in [0.3, 0.4) is 0 Å². The summed E-state index contributed by atoms with van der Waals surface area (Å²) in [5.41, 5.74) is 3.31. The first-order chi connectivity index (χ1) is 15.2. The van der Waals surface area contributed by atoms with E-state index >= 15 is 0 Å². The molecule has 8 heteroatoms. The van der Waals surface area contributed by atoms with Crippen LogP contribution in [-0.4, -0.2) is 38.5 Å². The molecule has 1 saturated heterocycles. The highest BCUT2D eigenvalue weighted by Crippen LogP contribution is 2.53. The van der Waals surface area contributed by atoms with E-state index < -0.39 is 0 Å². The van der Waals surface area contributed by atoms with Gasteiger partial charge in [0.25, 0.3) is 5.91 Å². The Hall–Kier alpha value is -3.10. The smallest absolute Gasteiger partial charge is 0.268 e. The number of anilines is 1. The van der Waals surface area contributed by atoms with Crippen LogP contribution in [0.25, 0.3) is 21.5 Å². The van der Waals surface area contributed by atoms with Gasteiger partial charge in [0.1, 0.15) is 6.33 Å². The van der Waals surface area contributed by atoms with Crippen LogP contribution in [0.2, 0.25) is 0 Å². The monoisotopic (exact) mass is 430 g/mol. The average Bonchev–Trinajstić information content (AvgIpc) is 3.51. The number of benzene rings is 1. The Kier molecular flexibility index (Phi) is 4.36. The van der Waals surface area contributed by atoms with Gasteiger partial charge in [0.05, 0.1) is 15.9 Å². The van der Waals surface area contributed by atoms with Gasteiger partial charge in [0.15, 0.2) is 0 Å². The van der Waals surface area contributed by atoms with E-state index in [9.17, 15) is 4.79 Å². The lowest BCUT2D eigenvalue weighted by Crippen LogP contribution is -2.40. The summed E-state index contributed by atoms with van der Waals surface area (Å²) in [6, 6.07) is 12.3. The molecular formula is C23H22N6OS. The lowest BCUT2D eigenvalue weighted by Gasteiger charge is -2.46. The second-order valence-corrected chi connectivity index (χ2v) is 9.61. The Morgan fingerprint density at radius 2 is 2.00 bits per heavy atom. The fourth-order valence-corrected chi connectivity index (χ4v) is 5.85. The molecule has 1 aromatic carbocycles. The predicted octanol–water partition coefficient (Wildman–Crippen LogP) is 4.12. The van der Waals surface area contributed by atoms with E-state index in [1.165, 1.54) is 24.1 Å². The summed E-state index contributed by atoms with van der Waals surface area (Å²) >= 11 is 1.43. The number of fused-ring (bicyclic) bond motifs is 1. The number of hydrogen-bond acceptors (Lipinski definition) is 6. The molecule has 1 aliphatic heterocycles. The zero-order valence-corrected chi connectivity index (χ0v) is 17.7. The maximum Gasteiger partial charge on any atom is 0.268 e. The standard InChI is InChI=1S/C23H22N6OS/c30-21(20-6-5-19(31-20)15-11-25-14-26-12-15)28-22-27-17-3-1-2-4-18(17)29(22)16-9-23(10-16)7-8-24-13-23/h1-6,11-12,14,16,24H,7-10,13H2,(H,27,28,30)/t16-,23-. The van der Waals surface area contributed by atoms with Gasteiger partial charge in [-0.2, -0.15) is 0 Å². The van der Waals surface area contributed by atoms with Crippen molar-refractivity contribution in [1.29, 1.82) is 0 Å². The predicted molar refractivity (Wildman–Crippen MR) is 121 cm³/mol. The molecule has 2 fully saturated rings. The molecular weight excluding hydrogens is 408 g/mol. The molecule has 1 aliphatic carbocycles. The number of aromatic nitrogens is 4. The number of nitrogens with zero attached hydrogens (tertiary/aromatic N) is 4. The summed E-state index contributed by atoms with van der Waals surface area (Å²) in [5, 5.41) is 6.59. The lowest BCUT2D eigenvalue weighted by atomic mass is 9.65.